The van der Waals surface area contributed by atoms with Gasteiger partial charge in [-0.05, 0) is 30.7 Å². The zero-order chi connectivity index (χ0) is 14.0. The Morgan fingerprint density at radius 2 is 1.89 bits per heavy atom. The quantitative estimate of drug-likeness (QED) is 0.907. The van der Waals surface area contributed by atoms with E-state index in [1.165, 1.54) is 6.07 Å². The van der Waals surface area contributed by atoms with E-state index in [1.54, 1.807) is 31.2 Å². The Morgan fingerprint density at radius 3 is 2.42 bits per heavy atom. The second-order valence-electron chi connectivity index (χ2n) is 3.94. The molecule has 19 heavy (non-hydrogen) atoms. The zero-order valence-electron chi connectivity index (χ0n) is 10.1. The van der Waals surface area contributed by atoms with Crippen LogP contribution in [-0.4, -0.2) is 14.3 Å². The predicted octanol–water partition coefficient (Wildman–Crippen LogP) is 1.96. The van der Waals surface area contributed by atoms with Crippen LogP contribution in [-0.2, 0) is 10.0 Å². The molecule has 5 nitrogen and oxygen atoms in total. The highest BCUT2D eigenvalue weighted by Crippen LogP contribution is 2.25. The molecule has 0 spiro atoms. The number of anilines is 1. The highest BCUT2D eigenvalue weighted by atomic mass is 32.2. The maximum Gasteiger partial charge on any atom is 0.266 e. The maximum atomic E-state index is 12.0. The van der Waals surface area contributed by atoms with E-state index in [2.05, 4.69) is 5.32 Å². The third-order valence-electron chi connectivity index (χ3n) is 2.41. The number of para-hydroxylation sites is 1. The molecule has 2 aromatic rings. The maximum absolute atomic E-state index is 12.0. The number of thiophene rings is 1. The minimum absolute atomic E-state index is 0.0109. The van der Waals surface area contributed by atoms with E-state index in [0.29, 0.717) is 16.1 Å². The normalized spacial score (nSPS) is 11.3. The van der Waals surface area contributed by atoms with Crippen LogP contribution in [0.1, 0.15) is 15.2 Å². The van der Waals surface area contributed by atoms with Gasteiger partial charge in [0.25, 0.3) is 5.91 Å². The zero-order valence-corrected chi connectivity index (χ0v) is 11.7. The van der Waals surface area contributed by atoms with Crippen LogP contribution >= 0.6 is 11.3 Å². The number of sulfonamides is 1. The number of aryl methyl sites for hydroxylation is 1. The van der Waals surface area contributed by atoms with Crippen molar-refractivity contribution in [1.82, 2.24) is 0 Å². The number of primary sulfonamides is 1. The smallest absolute Gasteiger partial charge is 0.266 e. The van der Waals surface area contributed by atoms with Crippen LogP contribution in [0.25, 0.3) is 0 Å². The summed E-state index contributed by atoms with van der Waals surface area (Å²) in [7, 11) is -3.77. The summed E-state index contributed by atoms with van der Waals surface area (Å²) in [6, 6.07) is 10.3. The molecule has 0 aliphatic carbocycles. The van der Waals surface area contributed by atoms with Gasteiger partial charge in [0, 0.05) is 5.69 Å². The molecule has 3 N–H and O–H groups in total. The number of rotatable bonds is 3. The number of carbonyl (C=O) groups is 1. The Morgan fingerprint density at radius 1 is 1.26 bits per heavy atom. The highest BCUT2D eigenvalue weighted by molar-refractivity contribution is 7.91. The Hall–Kier alpha value is -1.70. The molecule has 1 heterocycles. The molecular weight excluding hydrogens is 284 g/mol. The third kappa shape index (κ3) is 3.19. The van der Waals surface area contributed by atoms with Gasteiger partial charge in [-0.25, -0.2) is 13.6 Å². The topological polar surface area (TPSA) is 89.3 Å². The molecule has 7 heteroatoms. The Balaban J connectivity index is 2.28. The molecule has 0 saturated carbocycles. The van der Waals surface area contributed by atoms with Crippen LogP contribution in [0.5, 0.6) is 0 Å². The lowest BCUT2D eigenvalue weighted by atomic mass is 10.2. The molecule has 100 valence electrons. The summed E-state index contributed by atoms with van der Waals surface area (Å²) in [6.45, 7) is 1.67. The SMILES string of the molecule is Cc1cc(S(N)(=O)=O)sc1C(=O)Nc1ccccc1. The lowest BCUT2D eigenvalue weighted by molar-refractivity contribution is 0.103. The fourth-order valence-corrected chi connectivity index (χ4v) is 3.38. The molecule has 0 atom stereocenters. The van der Waals surface area contributed by atoms with Gasteiger partial charge in [-0.2, -0.15) is 0 Å². The van der Waals surface area contributed by atoms with Crippen LogP contribution in [0.4, 0.5) is 5.69 Å². The second kappa shape index (κ2) is 5.12. The van der Waals surface area contributed by atoms with Gasteiger partial charge in [0.05, 0.1) is 4.88 Å². The monoisotopic (exact) mass is 296 g/mol. The molecule has 1 aromatic heterocycles. The molecule has 0 fully saturated rings. The largest absolute Gasteiger partial charge is 0.321 e. The van der Waals surface area contributed by atoms with Crippen LogP contribution < -0.4 is 10.5 Å². The third-order valence-corrected chi connectivity index (χ3v) is 5.07. The van der Waals surface area contributed by atoms with Crippen molar-refractivity contribution >= 4 is 33.0 Å². The summed E-state index contributed by atoms with van der Waals surface area (Å²) < 4.78 is 22.5. The fourth-order valence-electron chi connectivity index (χ4n) is 1.53. The van der Waals surface area contributed by atoms with Gasteiger partial charge in [0.15, 0.2) is 0 Å². The molecule has 0 bridgehead atoms. The van der Waals surface area contributed by atoms with Gasteiger partial charge in [0.1, 0.15) is 4.21 Å². The van der Waals surface area contributed by atoms with E-state index in [-0.39, 0.29) is 10.1 Å². The van der Waals surface area contributed by atoms with Crippen LogP contribution in [0.15, 0.2) is 40.6 Å². The molecule has 0 saturated heterocycles. The summed E-state index contributed by atoms with van der Waals surface area (Å²) in [5.41, 5.74) is 1.24. The lowest BCUT2D eigenvalue weighted by Crippen LogP contribution is -2.11. The van der Waals surface area contributed by atoms with E-state index >= 15 is 0 Å². The first kappa shape index (κ1) is 13.7. The molecule has 2 rings (SSSR count). The van der Waals surface area contributed by atoms with Gasteiger partial charge in [0.2, 0.25) is 10.0 Å². The van der Waals surface area contributed by atoms with Crippen molar-refractivity contribution in [3.8, 4) is 0 Å². The first-order valence-corrected chi connectivity index (χ1v) is 7.74. The predicted molar refractivity (Wildman–Crippen MR) is 74.8 cm³/mol. The van der Waals surface area contributed by atoms with E-state index in [4.69, 9.17) is 5.14 Å². The van der Waals surface area contributed by atoms with Gasteiger partial charge in [-0.1, -0.05) is 18.2 Å². The second-order valence-corrected chi connectivity index (χ2v) is 6.78. The number of carbonyl (C=O) groups excluding carboxylic acids is 1. The van der Waals surface area contributed by atoms with Crippen molar-refractivity contribution in [3.05, 3.63) is 46.8 Å². The Bertz CT molecular complexity index is 706. The van der Waals surface area contributed by atoms with Crippen molar-refractivity contribution in [2.45, 2.75) is 11.1 Å². The summed E-state index contributed by atoms with van der Waals surface area (Å²) in [4.78, 5) is 12.4. The first-order chi connectivity index (χ1) is 8.88. The van der Waals surface area contributed by atoms with Crippen molar-refractivity contribution in [3.63, 3.8) is 0 Å². The van der Waals surface area contributed by atoms with Gasteiger partial charge >= 0.3 is 0 Å². The van der Waals surface area contributed by atoms with Crippen LogP contribution in [0.3, 0.4) is 0 Å². The molecular formula is C12H12N2O3S2. The van der Waals surface area contributed by atoms with Gasteiger partial charge in [-0.15, -0.1) is 11.3 Å². The number of benzene rings is 1. The molecule has 1 amide bonds. The summed E-state index contributed by atoms with van der Waals surface area (Å²) >= 11 is 0.869. The first-order valence-electron chi connectivity index (χ1n) is 5.37. The van der Waals surface area contributed by atoms with Crippen molar-refractivity contribution in [1.29, 1.82) is 0 Å². The summed E-state index contributed by atoms with van der Waals surface area (Å²) in [5.74, 6) is -0.344. The lowest BCUT2D eigenvalue weighted by Gasteiger charge is -2.03. The van der Waals surface area contributed by atoms with E-state index in [1.807, 2.05) is 6.07 Å². The molecule has 1 aromatic carbocycles. The van der Waals surface area contributed by atoms with Gasteiger partial charge < -0.3 is 5.32 Å². The number of hydrogen-bond acceptors (Lipinski definition) is 4. The Labute approximate surface area is 115 Å². The number of nitrogens with two attached hydrogens (primary N) is 1. The van der Waals surface area contributed by atoms with E-state index < -0.39 is 10.0 Å². The number of nitrogens with one attached hydrogen (secondary N) is 1. The van der Waals surface area contributed by atoms with Crippen molar-refractivity contribution in [2.75, 3.05) is 5.32 Å². The molecule has 0 radical (unpaired) electrons. The van der Waals surface area contributed by atoms with E-state index in [9.17, 15) is 13.2 Å². The minimum Gasteiger partial charge on any atom is -0.321 e. The van der Waals surface area contributed by atoms with Crippen molar-refractivity contribution in [2.24, 2.45) is 5.14 Å². The Kier molecular flexibility index (Phi) is 3.70. The van der Waals surface area contributed by atoms with Gasteiger partial charge in [-0.3, -0.25) is 4.79 Å². The molecule has 0 aliphatic rings. The average molecular weight is 296 g/mol. The number of hydrogen-bond donors (Lipinski definition) is 2. The molecule has 0 unspecified atom stereocenters. The summed E-state index contributed by atoms with van der Waals surface area (Å²) in [6.07, 6.45) is 0. The molecule has 0 aliphatic heterocycles. The van der Waals surface area contributed by atoms with Crippen LogP contribution in [0, 0.1) is 6.92 Å². The standard InChI is InChI=1S/C12H12N2O3S2/c1-8-7-10(19(13,16)17)18-11(8)12(15)14-9-5-3-2-4-6-9/h2-7H,1H3,(H,14,15)(H2,13,16,17). The summed E-state index contributed by atoms with van der Waals surface area (Å²) in [5, 5.41) is 7.74. The van der Waals surface area contributed by atoms with E-state index in [0.717, 1.165) is 11.3 Å². The fraction of sp³-hybridized carbons (Fsp3) is 0.0833. The minimum atomic E-state index is -3.77. The van der Waals surface area contributed by atoms with Crippen molar-refractivity contribution < 1.29 is 13.2 Å². The highest BCUT2D eigenvalue weighted by Gasteiger charge is 2.19. The number of amides is 1. The van der Waals surface area contributed by atoms with Crippen LogP contribution in [0.2, 0.25) is 0 Å². The average Bonchev–Trinajstić information content (AvgIpc) is 2.72.